The third-order valence-corrected chi connectivity index (χ3v) is 3.90. The second-order valence-electron chi connectivity index (χ2n) is 3.96. The van der Waals surface area contributed by atoms with E-state index >= 15 is 0 Å². The first-order chi connectivity index (χ1) is 8.15. The van der Waals surface area contributed by atoms with Crippen LogP contribution < -0.4 is 5.73 Å². The molecule has 0 aromatic heterocycles. The van der Waals surface area contributed by atoms with Crippen molar-refractivity contribution in [3.8, 4) is 0 Å². The highest BCUT2D eigenvalue weighted by Gasteiger charge is 2.00. The molecule has 2 N–H and O–H groups in total. The Labute approximate surface area is 111 Å². The maximum absolute atomic E-state index is 5.88. The van der Waals surface area contributed by atoms with Gasteiger partial charge in [-0.3, -0.25) is 0 Å². The fourth-order valence-corrected chi connectivity index (χ4v) is 2.48. The summed E-state index contributed by atoms with van der Waals surface area (Å²) in [6.07, 6.45) is 0. The molecule has 0 spiro atoms. The van der Waals surface area contributed by atoms with Gasteiger partial charge in [0, 0.05) is 10.6 Å². The summed E-state index contributed by atoms with van der Waals surface area (Å²) in [4.78, 5) is 1.15. The van der Waals surface area contributed by atoms with Crippen LogP contribution >= 0.6 is 23.4 Å². The van der Waals surface area contributed by atoms with Crippen LogP contribution in [0.25, 0.3) is 0 Å². The summed E-state index contributed by atoms with van der Waals surface area (Å²) in [6, 6.07) is 14.3. The van der Waals surface area contributed by atoms with E-state index in [9.17, 15) is 0 Å². The molecule has 2 aromatic rings. The van der Waals surface area contributed by atoms with E-state index in [0.29, 0.717) is 10.7 Å². The normalized spacial score (nSPS) is 10.5. The van der Waals surface area contributed by atoms with Crippen LogP contribution in [0.1, 0.15) is 11.1 Å². The van der Waals surface area contributed by atoms with Gasteiger partial charge in [0.1, 0.15) is 0 Å². The monoisotopic (exact) mass is 263 g/mol. The first-order valence-corrected chi connectivity index (χ1v) is 6.75. The number of nitrogens with two attached hydrogens (primary N) is 1. The highest BCUT2D eigenvalue weighted by molar-refractivity contribution is 7.98. The molecule has 0 aliphatic carbocycles. The largest absolute Gasteiger partial charge is 0.397 e. The van der Waals surface area contributed by atoms with Crippen LogP contribution in [-0.2, 0) is 5.75 Å². The Morgan fingerprint density at radius 3 is 2.47 bits per heavy atom. The molecular formula is C14H14ClNS. The predicted octanol–water partition coefficient (Wildman–Crippen LogP) is 4.52. The molecule has 0 radical (unpaired) electrons. The lowest BCUT2D eigenvalue weighted by Crippen LogP contribution is -1.87. The molecule has 2 aromatic carbocycles. The Hall–Kier alpha value is -1.12. The van der Waals surface area contributed by atoms with E-state index in [1.807, 2.05) is 18.2 Å². The topological polar surface area (TPSA) is 26.0 Å². The zero-order valence-corrected chi connectivity index (χ0v) is 11.2. The molecule has 0 fully saturated rings. The maximum Gasteiger partial charge on any atom is 0.0636 e. The van der Waals surface area contributed by atoms with Crippen molar-refractivity contribution >= 4 is 29.1 Å². The molecule has 0 heterocycles. The van der Waals surface area contributed by atoms with Crippen LogP contribution in [0, 0.1) is 6.92 Å². The standard InChI is InChI=1S/C14H14ClNS/c1-10-2-4-11(5-3-10)9-17-12-6-7-13(15)14(16)8-12/h2-8H,9,16H2,1H3. The molecule has 3 heteroatoms. The molecule has 0 aliphatic heterocycles. The number of rotatable bonds is 3. The maximum atomic E-state index is 5.88. The van der Waals surface area contributed by atoms with E-state index in [1.54, 1.807) is 11.8 Å². The van der Waals surface area contributed by atoms with Crippen LogP contribution in [0.4, 0.5) is 5.69 Å². The third kappa shape index (κ3) is 3.42. The number of anilines is 1. The minimum atomic E-state index is 0.615. The van der Waals surface area contributed by atoms with Crippen molar-refractivity contribution < 1.29 is 0 Å². The van der Waals surface area contributed by atoms with Crippen LogP contribution in [-0.4, -0.2) is 0 Å². The van der Waals surface area contributed by atoms with Crippen molar-refractivity contribution in [1.29, 1.82) is 0 Å². The number of benzene rings is 2. The first-order valence-electron chi connectivity index (χ1n) is 5.38. The smallest absolute Gasteiger partial charge is 0.0636 e. The van der Waals surface area contributed by atoms with Crippen molar-refractivity contribution in [2.45, 2.75) is 17.6 Å². The van der Waals surface area contributed by atoms with Gasteiger partial charge in [-0.2, -0.15) is 0 Å². The van der Waals surface area contributed by atoms with Crippen LogP contribution in [0.15, 0.2) is 47.4 Å². The summed E-state index contributed by atoms with van der Waals surface area (Å²) in [7, 11) is 0. The Balaban J connectivity index is 2.02. The van der Waals surface area contributed by atoms with Crippen LogP contribution in [0.5, 0.6) is 0 Å². The fraction of sp³-hybridized carbons (Fsp3) is 0.143. The molecule has 0 bridgehead atoms. The Bertz CT molecular complexity index is 508. The summed E-state index contributed by atoms with van der Waals surface area (Å²) in [6.45, 7) is 2.09. The molecule has 2 rings (SSSR count). The van der Waals surface area contributed by atoms with E-state index in [1.165, 1.54) is 11.1 Å². The van der Waals surface area contributed by atoms with E-state index in [0.717, 1.165) is 10.6 Å². The van der Waals surface area contributed by atoms with E-state index in [-0.39, 0.29) is 0 Å². The highest BCUT2D eigenvalue weighted by atomic mass is 35.5. The lowest BCUT2D eigenvalue weighted by atomic mass is 10.2. The zero-order valence-electron chi connectivity index (χ0n) is 9.61. The van der Waals surface area contributed by atoms with Gasteiger partial charge in [-0.15, -0.1) is 11.8 Å². The van der Waals surface area contributed by atoms with Crippen molar-refractivity contribution in [2.24, 2.45) is 0 Å². The predicted molar refractivity (Wildman–Crippen MR) is 76.6 cm³/mol. The van der Waals surface area contributed by atoms with Gasteiger partial charge in [-0.1, -0.05) is 41.4 Å². The molecule has 0 atom stereocenters. The van der Waals surface area contributed by atoms with Gasteiger partial charge in [-0.05, 0) is 30.7 Å². The molecule has 17 heavy (non-hydrogen) atoms. The van der Waals surface area contributed by atoms with Gasteiger partial charge in [0.2, 0.25) is 0 Å². The minimum Gasteiger partial charge on any atom is -0.397 e. The molecule has 88 valence electrons. The van der Waals surface area contributed by atoms with Crippen molar-refractivity contribution in [1.82, 2.24) is 0 Å². The van der Waals surface area contributed by atoms with Gasteiger partial charge in [0.15, 0.2) is 0 Å². The highest BCUT2D eigenvalue weighted by Crippen LogP contribution is 2.28. The van der Waals surface area contributed by atoms with Gasteiger partial charge >= 0.3 is 0 Å². The molecule has 1 nitrogen and oxygen atoms in total. The van der Waals surface area contributed by atoms with Crippen molar-refractivity contribution in [2.75, 3.05) is 5.73 Å². The second kappa shape index (κ2) is 5.48. The number of nitrogen functional groups attached to an aromatic ring is 1. The molecule has 0 saturated carbocycles. The second-order valence-corrected chi connectivity index (χ2v) is 5.41. The molecule has 0 amide bonds. The summed E-state index contributed by atoms with van der Waals surface area (Å²) in [5.41, 5.74) is 9.00. The minimum absolute atomic E-state index is 0.615. The number of hydrogen-bond acceptors (Lipinski definition) is 2. The summed E-state index contributed by atoms with van der Waals surface area (Å²) < 4.78 is 0. The number of halogens is 1. The number of thioether (sulfide) groups is 1. The van der Waals surface area contributed by atoms with E-state index in [4.69, 9.17) is 17.3 Å². The van der Waals surface area contributed by atoms with Gasteiger partial charge in [-0.25, -0.2) is 0 Å². The average Bonchev–Trinajstić information content (AvgIpc) is 2.33. The summed E-state index contributed by atoms with van der Waals surface area (Å²) in [5, 5.41) is 0.615. The first kappa shape index (κ1) is 12.3. The van der Waals surface area contributed by atoms with Crippen LogP contribution in [0.3, 0.4) is 0 Å². The van der Waals surface area contributed by atoms with Crippen molar-refractivity contribution in [3.05, 3.63) is 58.6 Å². The Kier molecular flexibility index (Phi) is 3.97. The Morgan fingerprint density at radius 2 is 1.82 bits per heavy atom. The Morgan fingerprint density at radius 1 is 1.12 bits per heavy atom. The van der Waals surface area contributed by atoms with Crippen LogP contribution in [0.2, 0.25) is 5.02 Å². The fourth-order valence-electron chi connectivity index (χ4n) is 1.46. The third-order valence-electron chi connectivity index (χ3n) is 2.49. The van der Waals surface area contributed by atoms with E-state index in [2.05, 4.69) is 31.2 Å². The number of hydrogen-bond donors (Lipinski definition) is 1. The average molecular weight is 264 g/mol. The molecule has 0 unspecified atom stereocenters. The summed E-state index contributed by atoms with van der Waals surface area (Å²) in [5.74, 6) is 0.946. The lowest BCUT2D eigenvalue weighted by molar-refractivity contribution is 1.35. The van der Waals surface area contributed by atoms with Gasteiger partial charge < -0.3 is 5.73 Å². The van der Waals surface area contributed by atoms with E-state index < -0.39 is 0 Å². The van der Waals surface area contributed by atoms with Crippen molar-refractivity contribution in [3.63, 3.8) is 0 Å². The summed E-state index contributed by atoms with van der Waals surface area (Å²) >= 11 is 7.64. The molecule has 0 saturated heterocycles. The molecular weight excluding hydrogens is 250 g/mol. The SMILES string of the molecule is Cc1ccc(CSc2ccc(Cl)c(N)c2)cc1. The quantitative estimate of drug-likeness (QED) is 0.651. The zero-order chi connectivity index (χ0) is 12.3. The van der Waals surface area contributed by atoms with Gasteiger partial charge in [0.25, 0.3) is 0 Å². The lowest BCUT2D eigenvalue weighted by Gasteiger charge is -2.04. The van der Waals surface area contributed by atoms with Gasteiger partial charge in [0.05, 0.1) is 10.7 Å². The molecule has 0 aliphatic rings. The number of aryl methyl sites for hydroxylation is 1.